The first-order chi connectivity index (χ1) is 12.6. The van der Waals surface area contributed by atoms with Crippen molar-refractivity contribution in [3.05, 3.63) is 59.9 Å². The molecule has 0 aliphatic carbocycles. The average Bonchev–Trinajstić information content (AvgIpc) is 2.66. The number of rotatable bonds is 5. The molecule has 1 atom stereocenters. The van der Waals surface area contributed by atoms with Crippen molar-refractivity contribution in [2.75, 3.05) is 25.0 Å². The number of para-hydroxylation sites is 2. The zero-order valence-corrected chi connectivity index (χ0v) is 14.4. The van der Waals surface area contributed by atoms with Gasteiger partial charge in [-0.3, -0.25) is 9.59 Å². The van der Waals surface area contributed by atoms with Gasteiger partial charge < -0.3 is 20.3 Å². The van der Waals surface area contributed by atoms with Crippen LogP contribution in [0.1, 0.15) is 5.56 Å². The topological polar surface area (TPSA) is 70.7 Å². The summed E-state index contributed by atoms with van der Waals surface area (Å²) in [5.41, 5.74) is 1.17. The standard InChI is InChI=1S/C19H20FN3O3/c1-21-19(25)17-11-23(15-8-4-5-9-16(15)26-17)12-18(24)22-10-13-6-2-3-7-14(13)20/h2-9,17H,10-12H2,1H3,(H,21,25)(H,22,24). The molecule has 2 aromatic carbocycles. The fourth-order valence-electron chi connectivity index (χ4n) is 2.82. The van der Waals surface area contributed by atoms with Gasteiger partial charge in [0.25, 0.3) is 5.91 Å². The van der Waals surface area contributed by atoms with E-state index in [2.05, 4.69) is 10.6 Å². The Morgan fingerprint density at radius 3 is 2.69 bits per heavy atom. The van der Waals surface area contributed by atoms with Gasteiger partial charge in [0.1, 0.15) is 11.6 Å². The molecule has 26 heavy (non-hydrogen) atoms. The van der Waals surface area contributed by atoms with E-state index in [4.69, 9.17) is 4.74 Å². The second kappa shape index (κ2) is 7.86. The number of carbonyl (C=O) groups excluding carboxylic acids is 2. The predicted octanol–water partition coefficient (Wildman–Crippen LogP) is 1.46. The monoisotopic (exact) mass is 357 g/mol. The molecule has 6 nitrogen and oxygen atoms in total. The summed E-state index contributed by atoms with van der Waals surface area (Å²) in [6.45, 7) is 0.405. The summed E-state index contributed by atoms with van der Waals surface area (Å²) in [5, 5.41) is 5.27. The van der Waals surface area contributed by atoms with Crippen molar-refractivity contribution in [2.45, 2.75) is 12.6 Å². The van der Waals surface area contributed by atoms with E-state index >= 15 is 0 Å². The summed E-state index contributed by atoms with van der Waals surface area (Å²) in [7, 11) is 1.54. The van der Waals surface area contributed by atoms with Crippen LogP contribution in [0.15, 0.2) is 48.5 Å². The summed E-state index contributed by atoms with van der Waals surface area (Å²) >= 11 is 0. The van der Waals surface area contributed by atoms with E-state index in [0.29, 0.717) is 11.3 Å². The number of carbonyl (C=O) groups is 2. The summed E-state index contributed by atoms with van der Waals surface area (Å²) < 4.78 is 19.4. The fraction of sp³-hybridized carbons (Fsp3) is 0.263. The molecule has 0 saturated carbocycles. The first-order valence-electron chi connectivity index (χ1n) is 8.31. The minimum Gasteiger partial charge on any atom is -0.477 e. The lowest BCUT2D eigenvalue weighted by atomic mass is 10.1. The second-order valence-electron chi connectivity index (χ2n) is 5.94. The number of halogens is 1. The Morgan fingerprint density at radius 1 is 1.19 bits per heavy atom. The Labute approximate surface area is 150 Å². The van der Waals surface area contributed by atoms with Gasteiger partial charge in [-0.1, -0.05) is 30.3 Å². The van der Waals surface area contributed by atoms with Crippen LogP contribution in [-0.4, -0.2) is 38.1 Å². The smallest absolute Gasteiger partial charge is 0.262 e. The number of likely N-dealkylation sites (N-methyl/N-ethyl adjacent to an activating group) is 1. The van der Waals surface area contributed by atoms with E-state index in [1.807, 2.05) is 18.2 Å². The van der Waals surface area contributed by atoms with Gasteiger partial charge in [-0.05, 0) is 18.2 Å². The number of benzene rings is 2. The SMILES string of the molecule is CNC(=O)C1CN(CC(=O)NCc2ccccc2F)c2ccccc2O1. The van der Waals surface area contributed by atoms with Crippen LogP contribution in [0.5, 0.6) is 5.75 Å². The summed E-state index contributed by atoms with van der Waals surface area (Å²) in [5.74, 6) is -0.324. The van der Waals surface area contributed by atoms with Crippen LogP contribution < -0.4 is 20.3 Å². The highest BCUT2D eigenvalue weighted by molar-refractivity contribution is 5.86. The van der Waals surface area contributed by atoms with E-state index in [1.54, 1.807) is 29.2 Å². The van der Waals surface area contributed by atoms with E-state index in [0.717, 1.165) is 5.69 Å². The third-order valence-electron chi connectivity index (χ3n) is 4.17. The number of hydrogen-bond acceptors (Lipinski definition) is 4. The zero-order valence-electron chi connectivity index (χ0n) is 14.4. The molecule has 3 rings (SSSR count). The summed E-state index contributed by atoms with van der Waals surface area (Å²) in [6.07, 6.45) is -0.700. The molecule has 0 radical (unpaired) electrons. The van der Waals surface area contributed by atoms with Crippen molar-refractivity contribution in [1.29, 1.82) is 0 Å². The van der Waals surface area contributed by atoms with Gasteiger partial charge in [0.2, 0.25) is 5.91 Å². The summed E-state index contributed by atoms with van der Waals surface area (Å²) in [4.78, 5) is 26.1. The Bertz CT molecular complexity index is 812. The number of ether oxygens (including phenoxy) is 1. The molecule has 0 fully saturated rings. The molecule has 0 bridgehead atoms. The van der Waals surface area contributed by atoms with Gasteiger partial charge in [0, 0.05) is 19.2 Å². The van der Waals surface area contributed by atoms with Gasteiger partial charge in [-0.15, -0.1) is 0 Å². The maximum Gasteiger partial charge on any atom is 0.262 e. The number of anilines is 1. The van der Waals surface area contributed by atoms with Crippen LogP contribution in [-0.2, 0) is 16.1 Å². The van der Waals surface area contributed by atoms with Crippen molar-refractivity contribution >= 4 is 17.5 Å². The van der Waals surface area contributed by atoms with Crippen LogP contribution in [0.3, 0.4) is 0 Å². The van der Waals surface area contributed by atoms with E-state index in [9.17, 15) is 14.0 Å². The number of nitrogens with one attached hydrogen (secondary N) is 2. The highest BCUT2D eigenvalue weighted by Crippen LogP contribution is 2.32. The Hall–Kier alpha value is -3.09. The molecule has 2 N–H and O–H groups in total. The largest absolute Gasteiger partial charge is 0.477 e. The van der Waals surface area contributed by atoms with E-state index in [-0.39, 0.29) is 37.3 Å². The molecule has 7 heteroatoms. The van der Waals surface area contributed by atoms with Crippen LogP contribution >= 0.6 is 0 Å². The van der Waals surface area contributed by atoms with Crippen LogP contribution in [0.2, 0.25) is 0 Å². The second-order valence-corrected chi connectivity index (χ2v) is 5.94. The van der Waals surface area contributed by atoms with Gasteiger partial charge in [0.15, 0.2) is 6.10 Å². The molecule has 0 aromatic heterocycles. The molecule has 1 heterocycles. The molecule has 1 aliphatic heterocycles. The zero-order chi connectivity index (χ0) is 18.5. The van der Waals surface area contributed by atoms with Gasteiger partial charge >= 0.3 is 0 Å². The van der Waals surface area contributed by atoms with Gasteiger partial charge in [-0.25, -0.2) is 4.39 Å². The lowest BCUT2D eigenvalue weighted by Gasteiger charge is -2.35. The van der Waals surface area contributed by atoms with E-state index in [1.165, 1.54) is 13.1 Å². The Kier molecular flexibility index (Phi) is 5.36. The van der Waals surface area contributed by atoms with Crippen LogP contribution in [0.4, 0.5) is 10.1 Å². The fourth-order valence-corrected chi connectivity index (χ4v) is 2.82. The van der Waals surface area contributed by atoms with Gasteiger partial charge in [-0.2, -0.15) is 0 Å². The minimum atomic E-state index is -0.700. The van der Waals surface area contributed by atoms with Crippen molar-refractivity contribution in [1.82, 2.24) is 10.6 Å². The molecule has 2 aromatic rings. The molecule has 0 spiro atoms. The molecule has 0 saturated heterocycles. The highest BCUT2D eigenvalue weighted by Gasteiger charge is 2.30. The minimum absolute atomic E-state index is 0.0440. The molecular weight excluding hydrogens is 337 g/mol. The molecule has 2 amide bonds. The van der Waals surface area contributed by atoms with Crippen molar-refractivity contribution in [3.63, 3.8) is 0 Å². The average molecular weight is 357 g/mol. The molecule has 1 aliphatic rings. The molecular formula is C19H20FN3O3. The van der Waals surface area contributed by atoms with Gasteiger partial charge in [0.05, 0.1) is 18.8 Å². The number of hydrogen-bond donors (Lipinski definition) is 2. The third kappa shape index (κ3) is 3.93. The lowest BCUT2D eigenvalue weighted by molar-refractivity contribution is -0.127. The number of nitrogens with zero attached hydrogens (tertiary/aromatic N) is 1. The lowest BCUT2D eigenvalue weighted by Crippen LogP contribution is -2.50. The van der Waals surface area contributed by atoms with Crippen LogP contribution in [0.25, 0.3) is 0 Å². The van der Waals surface area contributed by atoms with E-state index < -0.39 is 6.10 Å². The number of amides is 2. The van der Waals surface area contributed by atoms with Crippen LogP contribution in [0, 0.1) is 5.82 Å². The first kappa shape index (κ1) is 17.7. The number of fused-ring (bicyclic) bond motifs is 1. The predicted molar refractivity (Wildman–Crippen MR) is 95.4 cm³/mol. The van der Waals surface area contributed by atoms with Crippen molar-refractivity contribution < 1.29 is 18.7 Å². The Morgan fingerprint density at radius 2 is 1.92 bits per heavy atom. The van der Waals surface area contributed by atoms with Crippen molar-refractivity contribution in [3.8, 4) is 5.75 Å². The summed E-state index contributed by atoms with van der Waals surface area (Å²) in [6, 6.07) is 13.5. The molecule has 136 valence electrons. The quantitative estimate of drug-likeness (QED) is 0.850. The maximum absolute atomic E-state index is 13.7. The van der Waals surface area contributed by atoms with Crippen molar-refractivity contribution in [2.24, 2.45) is 0 Å². The Balaban J connectivity index is 1.68. The normalized spacial score (nSPS) is 15.6. The maximum atomic E-state index is 13.7. The third-order valence-corrected chi connectivity index (χ3v) is 4.17. The highest BCUT2D eigenvalue weighted by atomic mass is 19.1. The molecule has 1 unspecified atom stereocenters. The first-order valence-corrected chi connectivity index (χ1v) is 8.31.